The molecule has 0 aliphatic carbocycles. The van der Waals surface area contributed by atoms with E-state index in [0.717, 1.165) is 33.0 Å². The third kappa shape index (κ3) is 4.40. The molecule has 1 aromatic carbocycles. The van der Waals surface area contributed by atoms with Crippen LogP contribution < -0.4 is 15.6 Å². The molecule has 0 fully saturated rings. The highest BCUT2D eigenvalue weighted by Crippen LogP contribution is 2.22. The number of nitrogens with zero attached hydrogens (tertiary/aromatic N) is 3. The fraction of sp³-hybridized carbons (Fsp3) is 0.263. The number of hydrogen-bond donors (Lipinski definition) is 1. The van der Waals surface area contributed by atoms with Crippen molar-refractivity contribution >= 4 is 22.4 Å². The number of carbonyl (C=O) groups is 1. The van der Waals surface area contributed by atoms with Crippen molar-refractivity contribution in [3.05, 3.63) is 57.3 Å². The zero-order valence-corrected chi connectivity index (χ0v) is 16.2. The summed E-state index contributed by atoms with van der Waals surface area (Å²) < 4.78 is 6.29. The van der Waals surface area contributed by atoms with Crippen molar-refractivity contribution < 1.29 is 9.53 Å². The van der Waals surface area contributed by atoms with E-state index in [9.17, 15) is 9.59 Å². The molecule has 1 amide bonds. The molecule has 0 bridgehead atoms. The zero-order chi connectivity index (χ0) is 19.4. The van der Waals surface area contributed by atoms with E-state index in [4.69, 9.17) is 4.74 Å². The average molecular weight is 384 g/mol. The van der Waals surface area contributed by atoms with Crippen molar-refractivity contribution in [3.63, 3.8) is 0 Å². The first kappa shape index (κ1) is 18.8. The number of anilines is 1. The van der Waals surface area contributed by atoms with E-state index in [1.54, 1.807) is 13.2 Å². The van der Waals surface area contributed by atoms with Crippen LogP contribution in [0.4, 0.5) is 5.13 Å². The SMILES string of the molecule is CCc1nc(NC(=O)Cn2nc(-c3ccc(OC)cc3)ccc2=O)sc1C. The van der Waals surface area contributed by atoms with Crippen LogP contribution in [0.15, 0.2) is 41.2 Å². The van der Waals surface area contributed by atoms with E-state index in [2.05, 4.69) is 15.4 Å². The van der Waals surface area contributed by atoms with Crippen molar-refractivity contribution in [2.45, 2.75) is 26.8 Å². The molecular weight excluding hydrogens is 364 g/mol. The van der Waals surface area contributed by atoms with Crippen molar-refractivity contribution in [2.24, 2.45) is 0 Å². The van der Waals surface area contributed by atoms with Gasteiger partial charge >= 0.3 is 0 Å². The van der Waals surface area contributed by atoms with Gasteiger partial charge in [-0.3, -0.25) is 9.59 Å². The van der Waals surface area contributed by atoms with Crippen LogP contribution in [-0.4, -0.2) is 27.8 Å². The second kappa shape index (κ2) is 8.13. The number of benzene rings is 1. The number of aryl methyl sites for hydroxylation is 2. The van der Waals surface area contributed by atoms with E-state index >= 15 is 0 Å². The second-order valence-electron chi connectivity index (χ2n) is 5.87. The molecule has 0 unspecified atom stereocenters. The van der Waals surface area contributed by atoms with Crippen LogP contribution in [0.2, 0.25) is 0 Å². The fourth-order valence-electron chi connectivity index (χ4n) is 2.58. The van der Waals surface area contributed by atoms with Gasteiger partial charge in [0.25, 0.3) is 5.56 Å². The standard InChI is InChI=1S/C19H20N4O3S/c1-4-15-12(2)27-19(20-15)21-17(24)11-23-18(25)10-9-16(22-23)13-5-7-14(26-3)8-6-13/h5-10H,4,11H2,1-3H3,(H,20,21,24). The number of methoxy groups -OCH3 is 1. The topological polar surface area (TPSA) is 86.1 Å². The number of ether oxygens (including phenoxy) is 1. The molecule has 3 rings (SSSR count). The number of thiazole rings is 1. The summed E-state index contributed by atoms with van der Waals surface area (Å²) in [5.74, 6) is 0.393. The molecule has 8 heteroatoms. The highest BCUT2D eigenvalue weighted by molar-refractivity contribution is 7.15. The number of nitrogens with one attached hydrogen (secondary N) is 1. The Kier molecular flexibility index (Phi) is 5.66. The monoisotopic (exact) mass is 384 g/mol. The molecule has 0 aliphatic heterocycles. The Hall–Kier alpha value is -3.00. The van der Waals surface area contributed by atoms with E-state index in [0.29, 0.717) is 10.8 Å². The first-order valence-electron chi connectivity index (χ1n) is 8.49. The normalized spacial score (nSPS) is 10.6. The molecule has 3 aromatic rings. The lowest BCUT2D eigenvalue weighted by Crippen LogP contribution is -2.29. The minimum Gasteiger partial charge on any atom is -0.497 e. The summed E-state index contributed by atoms with van der Waals surface area (Å²) in [5.41, 5.74) is 2.05. The van der Waals surface area contributed by atoms with Gasteiger partial charge in [-0.15, -0.1) is 11.3 Å². The van der Waals surface area contributed by atoms with Crippen LogP contribution in [0.25, 0.3) is 11.3 Å². The maximum atomic E-state index is 12.3. The third-order valence-electron chi connectivity index (χ3n) is 4.02. The summed E-state index contributed by atoms with van der Waals surface area (Å²) in [6, 6.07) is 10.4. The van der Waals surface area contributed by atoms with Crippen molar-refractivity contribution in [2.75, 3.05) is 12.4 Å². The Morgan fingerprint density at radius 1 is 1.22 bits per heavy atom. The van der Waals surface area contributed by atoms with Gasteiger partial charge in [-0.25, -0.2) is 9.67 Å². The minimum absolute atomic E-state index is 0.178. The Morgan fingerprint density at radius 2 is 1.96 bits per heavy atom. The summed E-state index contributed by atoms with van der Waals surface area (Å²) in [6.07, 6.45) is 0.809. The van der Waals surface area contributed by atoms with Crippen molar-refractivity contribution in [3.8, 4) is 17.0 Å². The molecule has 0 saturated carbocycles. The maximum Gasteiger partial charge on any atom is 0.267 e. The Labute approximate surface area is 160 Å². The van der Waals surface area contributed by atoms with E-state index in [-0.39, 0.29) is 18.0 Å². The predicted octanol–water partition coefficient (Wildman–Crippen LogP) is 2.88. The van der Waals surface area contributed by atoms with E-state index in [1.165, 1.54) is 17.4 Å². The zero-order valence-electron chi connectivity index (χ0n) is 15.4. The lowest BCUT2D eigenvalue weighted by molar-refractivity contribution is -0.117. The Balaban J connectivity index is 1.77. The van der Waals surface area contributed by atoms with Gasteiger partial charge in [-0.1, -0.05) is 6.92 Å². The van der Waals surface area contributed by atoms with E-state index in [1.807, 2.05) is 38.1 Å². The molecule has 0 aliphatic rings. The lowest BCUT2D eigenvalue weighted by atomic mass is 10.1. The first-order chi connectivity index (χ1) is 13.0. The quantitative estimate of drug-likeness (QED) is 0.706. The molecule has 27 heavy (non-hydrogen) atoms. The molecule has 2 aromatic heterocycles. The number of amides is 1. The average Bonchev–Trinajstić information content (AvgIpc) is 3.02. The van der Waals surface area contributed by atoms with Gasteiger partial charge in [0.05, 0.1) is 18.5 Å². The van der Waals surface area contributed by atoms with Gasteiger partial charge in [-0.05, 0) is 43.7 Å². The fourth-order valence-corrected chi connectivity index (χ4v) is 3.50. The van der Waals surface area contributed by atoms with Crippen LogP contribution in [0.5, 0.6) is 5.75 Å². The molecule has 140 valence electrons. The van der Waals surface area contributed by atoms with Crippen LogP contribution in [0.1, 0.15) is 17.5 Å². The molecule has 0 saturated heterocycles. The molecule has 2 heterocycles. The first-order valence-corrected chi connectivity index (χ1v) is 9.30. The van der Waals surface area contributed by atoms with Crippen molar-refractivity contribution in [1.82, 2.24) is 14.8 Å². The molecule has 0 radical (unpaired) electrons. The van der Waals surface area contributed by atoms with Gasteiger partial charge in [0.2, 0.25) is 5.91 Å². The van der Waals surface area contributed by atoms with Gasteiger partial charge in [0.1, 0.15) is 12.3 Å². The predicted molar refractivity (Wildman–Crippen MR) is 105 cm³/mol. The second-order valence-corrected chi connectivity index (χ2v) is 7.07. The number of aromatic nitrogens is 3. The van der Waals surface area contributed by atoms with Crippen LogP contribution in [0.3, 0.4) is 0 Å². The summed E-state index contributed by atoms with van der Waals surface area (Å²) >= 11 is 1.42. The summed E-state index contributed by atoms with van der Waals surface area (Å²) in [6.45, 7) is 3.81. The summed E-state index contributed by atoms with van der Waals surface area (Å²) in [5, 5.41) is 7.58. The Morgan fingerprint density at radius 3 is 2.59 bits per heavy atom. The van der Waals surface area contributed by atoms with Gasteiger partial charge in [0, 0.05) is 16.5 Å². The van der Waals surface area contributed by atoms with E-state index < -0.39 is 0 Å². The Bertz CT molecular complexity index is 1010. The maximum absolute atomic E-state index is 12.3. The number of rotatable bonds is 6. The van der Waals surface area contributed by atoms with Gasteiger partial charge < -0.3 is 10.1 Å². The highest BCUT2D eigenvalue weighted by Gasteiger charge is 2.12. The molecule has 0 spiro atoms. The smallest absolute Gasteiger partial charge is 0.267 e. The minimum atomic E-state index is -0.341. The summed E-state index contributed by atoms with van der Waals surface area (Å²) in [7, 11) is 1.60. The molecule has 0 atom stereocenters. The van der Waals surface area contributed by atoms with Crippen LogP contribution in [-0.2, 0) is 17.8 Å². The molecule has 1 N–H and O–H groups in total. The molecule has 7 nitrogen and oxygen atoms in total. The third-order valence-corrected chi connectivity index (χ3v) is 4.95. The number of carbonyl (C=O) groups excluding carboxylic acids is 1. The molecular formula is C19H20N4O3S. The van der Waals surface area contributed by atoms with Crippen LogP contribution >= 0.6 is 11.3 Å². The number of hydrogen-bond acceptors (Lipinski definition) is 6. The summed E-state index contributed by atoms with van der Waals surface area (Å²) in [4.78, 5) is 29.9. The van der Waals surface area contributed by atoms with Gasteiger partial charge in [0.15, 0.2) is 5.13 Å². The van der Waals surface area contributed by atoms with Gasteiger partial charge in [-0.2, -0.15) is 5.10 Å². The highest BCUT2D eigenvalue weighted by atomic mass is 32.1. The largest absolute Gasteiger partial charge is 0.497 e. The lowest BCUT2D eigenvalue weighted by Gasteiger charge is -2.07. The van der Waals surface area contributed by atoms with Crippen LogP contribution in [0, 0.1) is 6.92 Å². The van der Waals surface area contributed by atoms with Crippen molar-refractivity contribution in [1.29, 1.82) is 0 Å².